The molecule has 0 fully saturated rings. The fourth-order valence-corrected chi connectivity index (χ4v) is 4.14. The topological polar surface area (TPSA) is 120 Å². The number of ether oxygens (including phenoxy) is 2. The number of aryl methyl sites for hydroxylation is 1. The minimum absolute atomic E-state index is 0.123. The van der Waals surface area contributed by atoms with Gasteiger partial charge in [-0.1, -0.05) is 36.4 Å². The van der Waals surface area contributed by atoms with Crippen molar-refractivity contribution in [3.8, 4) is 11.5 Å². The van der Waals surface area contributed by atoms with Crippen molar-refractivity contribution in [1.82, 2.24) is 9.88 Å². The second-order valence-electron chi connectivity index (χ2n) is 7.32. The highest BCUT2D eigenvalue weighted by atomic mass is 32.2. The Hall–Kier alpha value is -3.63. The van der Waals surface area contributed by atoms with Crippen LogP contribution in [0, 0.1) is 6.92 Å². The standard InChI is InChI=1S/C23H23N3O6S/c1-3-22(27)25-23-15(2)26-32-20(23)11-6-16-4-8-18(9-5-16)33(28,29)24-13-17-7-10-19-21(12-17)31-14-30-19/h4-12,24H,3,13-14H2,1-2H3,(H,25,27). The Morgan fingerprint density at radius 1 is 1.09 bits per heavy atom. The average molecular weight is 470 g/mol. The van der Waals surface area contributed by atoms with E-state index in [0.717, 1.165) is 11.1 Å². The zero-order valence-electron chi connectivity index (χ0n) is 18.1. The van der Waals surface area contributed by atoms with Crippen molar-refractivity contribution in [3.05, 3.63) is 65.0 Å². The highest BCUT2D eigenvalue weighted by Gasteiger charge is 2.17. The molecule has 10 heteroatoms. The van der Waals surface area contributed by atoms with E-state index in [0.29, 0.717) is 35.1 Å². The second kappa shape index (κ2) is 9.47. The van der Waals surface area contributed by atoms with Gasteiger partial charge in [0.05, 0.1) is 4.90 Å². The Labute approximate surface area is 191 Å². The maximum absolute atomic E-state index is 12.7. The van der Waals surface area contributed by atoms with Crippen LogP contribution < -0.4 is 19.5 Å². The van der Waals surface area contributed by atoms with Crippen LogP contribution in [0.2, 0.25) is 0 Å². The molecule has 0 unspecified atom stereocenters. The van der Waals surface area contributed by atoms with Crippen LogP contribution >= 0.6 is 0 Å². The van der Waals surface area contributed by atoms with Crippen LogP contribution in [-0.4, -0.2) is 26.3 Å². The number of nitrogens with zero attached hydrogens (tertiary/aromatic N) is 1. The number of benzene rings is 2. The molecule has 172 valence electrons. The molecule has 1 aliphatic rings. The van der Waals surface area contributed by atoms with Gasteiger partial charge in [-0.3, -0.25) is 4.79 Å². The molecule has 3 aromatic rings. The molecule has 2 heterocycles. The summed E-state index contributed by atoms with van der Waals surface area (Å²) < 4.78 is 43.8. The Morgan fingerprint density at radius 3 is 2.61 bits per heavy atom. The lowest BCUT2D eigenvalue weighted by molar-refractivity contribution is -0.115. The maximum atomic E-state index is 12.7. The van der Waals surface area contributed by atoms with Crippen LogP contribution in [0.5, 0.6) is 11.5 Å². The van der Waals surface area contributed by atoms with Gasteiger partial charge in [-0.2, -0.15) is 0 Å². The van der Waals surface area contributed by atoms with Gasteiger partial charge >= 0.3 is 0 Å². The number of carbonyl (C=O) groups is 1. The van der Waals surface area contributed by atoms with Crippen molar-refractivity contribution < 1.29 is 27.2 Å². The summed E-state index contributed by atoms with van der Waals surface area (Å²) >= 11 is 0. The summed E-state index contributed by atoms with van der Waals surface area (Å²) in [5.74, 6) is 1.52. The van der Waals surface area contributed by atoms with Crippen LogP contribution in [0.15, 0.2) is 51.9 Å². The van der Waals surface area contributed by atoms with E-state index in [1.54, 1.807) is 56.3 Å². The summed E-state index contributed by atoms with van der Waals surface area (Å²) in [5, 5.41) is 6.65. The third kappa shape index (κ3) is 5.24. The van der Waals surface area contributed by atoms with E-state index in [1.165, 1.54) is 12.1 Å². The Morgan fingerprint density at radius 2 is 1.85 bits per heavy atom. The first kappa shape index (κ1) is 22.6. The normalized spacial score (nSPS) is 12.9. The molecular weight excluding hydrogens is 446 g/mol. The van der Waals surface area contributed by atoms with E-state index >= 15 is 0 Å². The number of hydrogen-bond acceptors (Lipinski definition) is 7. The average Bonchev–Trinajstić information content (AvgIpc) is 3.43. The number of hydrogen-bond donors (Lipinski definition) is 2. The van der Waals surface area contributed by atoms with Gasteiger partial charge in [-0.15, -0.1) is 0 Å². The van der Waals surface area contributed by atoms with Crippen molar-refractivity contribution in [2.75, 3.05) is 12.1 Å². The first-order valence-corrected chi connectivity index (χ1v) is 11.8. The molecule has 0 saturated carbocycles. The predicted molar refractivity (Wildman–Crippen MR) is 122 cm³/mol. The Bertz CT molecular complexity index is 1300. The van der Waals surface area contributed by atoms with Crippen LogP contribution in [0.25, 0.3) is 12.2 Å². The van der Waals surface area contributed by atoms with Crippen molar-refractivity contribution in [3.63, 3.8) is 0 Å². The third-order valence-electron chi connectivity index (χ3n) is 5.00. The first-order valence-electron chi connectivity index (χ1n) is 10.3. The number of amides is 1. The van der Waals surface area contributed by atoms with Gasteiger partial charge in [0.2, 0.25) is 22.7 Å². The maximum Gasteiger partial charge on any atom is 0.240 e. The summed E-state index contributed by atoms with van der Waals surface area (Å²) in [4.78, 5) is 11.8. The number of carbonyl (C=O) groups excluding carboxylic acids is 1. The molecule has 0 radical (unpaired) electrons. The van der Waals surface area contributed by atoms with Gasteiger partial charge in [0.15, 0.2) is 17.3 Å². The molecule has 1 aromatic heterocycles. The molecule has 1 amide bonds. The largest absolute Gasteiger partial charge is 0.454 e. The summed E-state index contributed by atoms with van der Waals surface area (Å²) in [6.07, 6.45) is 3.76. The Balaban J connectivity index is 1.42. The van der Waals surface area contributed by atoms with Crippen molar-refractivity contribution in [2.24, 2.45) is 0 Å². The quantitative estimate of drug-likeness (QED) is 0.516. The summed E-state index contributed by atoms with van der Waals surface area (Å²) in [6, 6.07) is 11.7. The highest BCUT2D eigenvalue weighted by molar-refractivity contribution is 7.89. The number of nitrogens with one attached hydrogen (secondary N) is 2. The summed E-state index contributed by atoms with van der Waals surface area (Å²) in [7, 11) is -3.70. The summed E-state index contributed by atoms with van der Waals surface area (Å²) in [6.45, 7) is 3.78. The molecule has 4 rings (SSSR count). The molecule has 0 saturated heterocycles. The van der Waals surface area contributed by atoms with E-state index in [1.807, 2.05) is 0 Å². The van der Waals surface area contributed by atoms with Crippen LogP contribution in [-0.2, 0) is 21.4 Å². The first-order chi connectivity index (χ1) is 15.9. The highest BCUT2D eigenvalue weighted by Crippen LogP contribution is 2.32. The minimum Gasteiger partial charge on any atom is -0.454 e. The SMILES string of the molecule is CCC(=O)Nc1c(C)noc1C=Cc1ccc(S(=O)(=O)NCc2ccc3c(c2)OCO3)cc1. The number of sulfonamides is 1. The lowest BCUT2D eigenvalue weighted by atomic mass is 10.2. The monoisotopic (exact) mass is 469 g/mol. The fourth-order valence-electron chi connectivity index (χ4n) is 3.12. The van der Waals surface area contributed by atoms with Crippen LogP contribution in [0.3, 0.4) is 0 Å². The van der Waals surface area contributed by atoms with Gasteiger partial charge in [0.25, 0.3) is 0 Å². The zero-order valence-corrected chi connectivity index (χ0v) is 18.9. The van der Waals surface area contributed by atoms with E-state index in [2.05, 4.69) is 15.2 Å². The van der Waals surface area contributed by atoms with Crippen LogP contribution in [0.1, 0.15) is 35.9 Å². The number of anilines is 1. The van der Waals surface area contributed by atoms with Gasteiger partial charge in [-0.05, 0) is 48.4 Å². The third-order valence-corrected chi connectivity index (χ3v) is 6.41. The van der Waals surface area contributed by atoms with Gasteiger partial charge in [0, 0.05) is 13.0 Å². The molecule has 9 nitrogen and oxygen atoms in total. The van der Waals surface area contributed by atoms with E-state index < -0.39 is 10.0 Å². The van der Waals surface area contributed by atoms with E-state index in [4.69, 9.17) is 14.0 Å². The summed E-state index contributed by atoms with van der Waals surface area (Å²) in [5.41, 5.74) is 2.61. The lowest BCUT2D eigenvalue weighted by Gasteiger charge is -2.08. The predicted octanol–water partition coefficient (Wildman–Crippen LogP) is 3.71. The van der Waals surface area contributed by atoms with Crippen molar-refractivity contribution in [1.29, 1.82) is 0 Å². The van der Waals surface area contributed by atoms with Crippen molar-refractivity contribution >= 4 is 33.8 Å². The number of fused-ring (bicyclic) bond motifs is 1. The molecular formula is C23H23N3O6S. The smallest absolute Gasteiger partial charge is 0.240 e. The molecule has 0 spiro atoms. The van der Waals surface area contributed by atoms with Gasteiger partial charge in [0.1, 0.15) is 11.4 Å². The number of aromatic nitrogens is 1. The molecule has 2 N–H and O–H groups in total. The minimum atomic E-state index is -3.70. The second-order valence-corrected chi connectivity index (χ2v) is 9.09. The molecule has 1 aliphatic heterocycles. The van der Waals surface area contributed by atoms with E-state index in [-0.39, 0.29) is 24.1 Å². The van der Waals surface area contributed by atoms with Crippen LogP contribution in [0.4, 0.5) is 5.69 Å². The molecule has 33 heavy (non-hydrogen) atoms. The van der Waals surface area contributed by atoms with Gasteiger partial charge in [-0.25, -0.2) is 13.1 Å². The van der Waals surface area contributed by atoms with Gasteiger partial charge < -0.3 is 19.3 Å². The zero-order chi connectivity index (χ0) is 23.4. The molecule has 0 aliphatic carbocycles. The molecule has 0 bridgehead atoms. The lowest BCUT2D eigenvalue weighted by Crippen LogP contribution is -2.23. The molecule has 0 atom stereocenters. The van der Waals surface area contributed by atoms with E-state index in [9.17, 15) is 13.2 Å². The molecule has 2 aromatic carbocycles. The Kier molecular flexibility index (Phi) is 6.47. The fraction of sp³-hybridized carbons (Fsp3) is 0.217. The number of rotatable bonds is 8. The van der Waals surface area contributed by atoms with Crippen molar-refractivity contribution in [2.45, 2.75) is 31.7 Å².